The Morgan fingerprint density at radius 3 is 2.61 bits per heavy atom. The summed E-state index contributed by atoms with van der Waals surface area (Å²) >= 11 is 0. The topological polar surface area (TPSA) is 80.3 Å². The van der Waals surface area contributed by atoms with E-state index in [1.165, 1.54) is 0 Å². The van der Waals surface area contributed by atoms with Gasteiger partial charge in [-0.05, 0) is 51.1 Å². The molecule has 1 aliphatic carbocycles. The molecule has 0 atom stereocenters. The van der Waals surface area contributed by atoms with Crippen LogP contribution >= 0.6 is 0 Å². The van der Waals surface area contributed by atoms with E-state index >= 15 is 0 Å². The van der Waals surface area contributed by atoms with E-state index in [2.05, 4.69) is 33.8 Å². The van der Waals surface area contributed by atoms with E-state index in [1.54, 1.807) is 22.0 Å². The predicted octanol–water partition coefficient (Wildman–Crippen LogP) is 3.52. The van der Waals surface area contributed by atoms with Crippen LogP contribution in [-0.2, 0) is 0 Å². The van der Waals surface area contributed by atoms with Gasteiger partial charge >= 0.3 is 0 Å². The summed E-state index contributed by atoms with van der Waals surface area (Å²) in [5.41, 5.74) is 2.25. The Hall–Kier alpha value is -3.00. The van der Waals surface area contributed by atoms with Gasteiger partial charge in [-0.3, -0.25) is 4.79 Å². The van der Waals surface area contributed by atoms with Gasteiger partial charge in [-0.25, -0.2) is 14.6 Å². The molecule has 4 rings (SSSR count). The highest BCUT2D eigenvalue weighted by Gasteiger charge is 2.34. The largest absolute Gasteiger partial charge is 0.460 e. The number of carbonyl (C=O) groups excluding carboxylic acids is 1. The van der Waals surface area contributed by atoms with Crippen LogP contribution in [0.3, 0.4) is 0 Å². The molecule has 0 unspecified atom stereocenters. The number of likely N-dealkylation sites (N-methyl/N-ethyl adjacent to an activating group) is 2. The summed E-state index contributed by atoms with van der Waals surface area (Å²) in [5.74, 6) is 2.29. The quantitative estimate of drug-likeness (QED) is 0.525. The molecule has 164 valence electrons. The SMILES string of the molecule is CCN(CC)CCN(C)C(=O)c1cnn(-c2nccc(-c3ccc(C)o3)n2)c1C1CC1. The second-order valence-corrected chi connectivity index (χ2v) is 8.04. The van der Waals surface area contributed by atoms with Crippen molar-refractivity contribution in [3.63, 3.8) is 0 Å². The Morgan fingerprint density at radius 2 is 1.97 bits per heavy atom. The first-order chi connectivity index (χ1) is 15.0. The number of hydrogen-bond acceptors (Lipinski definition) is 6. The maximum Gasteiger partial charge on any atom is 0.257 e. The lowest BCUT2D eigenvalue weighted by atomic mass is 10.1. The van der Waals surface area contributed by atoms with E-state index in [0.29, 0.717) is 35.4 Å². The lowest BCUT2D eigenvalue weighted by Crippen LogP contribution is -2.36. The second-order valence-electron chi connectivity index (χ2n) is 8.04. The van der Waals surface area contributed by atoms with Crippen LogP contribution < -0.4 is 0 Å². The van der Waals surface area contributed by atoms with Crippen molar-refractivity contribution in [1.82, 2.24) is 29.5 Å². The number of carbonyl (C=O) groups is 1. The highest BCUT2D eigenvalue weighted by Crippen LogP contribution is 2.42. The molecule has 31 heavy (non-hydrogen) atoms. The van der Waals surface area contributed by atoms with Crippen LogP contribution in [0, 0.1) is 6.92 Å². The molecule has 0 N–H and O–H groups in total. The van der Waals surface area contributed by atoms with Gasteiger partial charge in [-0.2, -0.15) is 5.10 Å². The van der Waals surface area contributed by atoms with E-state index < -0.39 is 0 Å². The van der Waals surface area contributed by atoms with Crippen LogP contribution in [-0.4, -0.2) is 68.7 Å². The zero-order valence-electron chi connectivity index (χ0n) is 18.7. The normalized spacial score (nSPS) is 13.7. The molecule has 8 nitrogen and oxygen atoms in total. The summed E-state index contributed by atoms with van der Waals surface area (Å²) in [7, 11) is 1.86. The number of furan rings is 1. The van der Waals surface area contributed by atoms with Crippen molar-refractivity contribution in [3.8, 4) is 17.4 Å². The van der Waals surface area contributed by atoms with Crippen LogP contribution in [0.15, 0.2) is 35.0 Å². The average Bonchev–Trinajstić information content (AvgIpc) is 3.38. The highest BCUT2D eigenvalue weighted by atomic mass is 16.3. The fourth-order valence-corrected chi connectivity index (χ4v) is 3.73. The minimum atomic E-state index is -0.00174. The van der Waals surface area contributed by atoms with Crippen molar-refractivity contribution in [3.05, 3.63) is 47.6 Å². The fourth-order valence-electron chi connectivity index (χ4n) is 3.73. The number of rotatable bonds is 9. The molecule has 8 heteroatoms. The predicted molar refractivity (Wildman–Crippen MR) is 118 cm³/mol. The smallest absolute Gasteiger partial charge is 0.257 e. The number of aryl methyl sites for hydroxylation is 1. The zero-order valence-corrected chi connectivity index (χ0v) is 18.7. The molecule has 0 aromatic carbocycles. The number of hydrogen-bond donors (Lipinski definition) is 0. The van der Waals surface area contributed by atoms with Crippen LogP contribution in [0.4, 0.5) is 0 Å². The molecular formula is C23H30N6O2. The molecule has 0 radical (unpaired) electrons. The van der Waals surface area contributed by atoms with Gasteiger partial charge in [0, 0.05) is 32.3 Å². The third-order valence-corrected chi connectivity index (χ3v) is 5.82. The molecular weight excluding hydrogens is 392 g/mol. The Kier molecular flexibility index (Phi) is 6.18. The number of aromatic nitrogens is 4. The van der Waals surface area contributed by atoms with Gasteiger partial charge in [0.15, 0.2) is 5.76 Å². The van der Waals surface area contributed by atoms with Gasteiger partial charge in [0.2, 0.25) is 0 Å². The number of nitrogens with zero attached hydrogens (tertiary/aromatic N) is 6. The summed E-state index contributed by atoms with van der Waals surface area (Å²) < 4.78 is 7.43. The molecule has 0 bridgehead atoms. The molecule has 0 spiro atoms. The number of amides is 1. The molecule has 3 aromatic rings. The maximum atomic E-state index is 13.2. The van der Waals surface area contributed by atoms with Crippen molar-refractivity contribution < 1.29 is 9.21 Å². The minimum Gasteiger partial charge on any atom is -0.460 e. The van der Waals surface area contributed by atoms with Gasteiger partial charge in [-0.15, -0.1) is 0 Å². The molecule has 1 aliphatic rings. The molecule has 0 saturated heterocycles. The van der Waals surface area contributed by atoms with E-state index in [-0.39, 0.29) is 5.91 Å². The summed E-state index contributed by atoms with van der Waals surface area (Å²) in [4.78, 5) is 26.4. The second kappa shape index (κ2) is 9.01. The first-order valence-electron chi connectivity index (χ1n) is 11.0. The summed E-state index contributed by atoms with van der Waals surface area (Å²) in [5, 5.41) is 4.52. The maximum absolute atomic E-state index is 13.2. The third kappa shape index (κ3) is 4.54. The molecule has 3 aromatic heterocycles. The van der Waals surface area contributed by atoms with Crippen molar-refractivity contribution in [2.75, 3.05) is 33.2 Å². The lowest BCUT2D eigenvalue weighted by Gasteiger charge is -2.23. The summed E-state index contributed by atoms with van der Waals surface area (Å²) in [6.45, 7) is 9.67. The Bertz CT molecular complexity index is 1050. The van der Waals surface area contributed by atoms with Gasteiger partial charge in [0.05, 0.1) is 17.5 Å². The Morgan fingerprint density at radius 1 is 1.19 bits per heavy atom. The van der Waals surface area contributed by atoms with E-state index in [0.717, 1.165) is 43.9 Å². The van der Waals surface area contributed by atoms with E-state index in [1.807, 2.05) is 32.2 Å². The summed E-state index contributed by atoms with van der Waals surface area (Å²) in [6, 6.07) is 5.62. The Labute approximate surface area is 182 Å². The zero-order chi connectivity index (χ0) is 22.0. The average molecular weight is 423 g/mol. The summed E-state index contributed by atoms with van der Waals surface area (Å²) in [6.07, 6.45) is 5.46. The first-order valence-corrected chi connectivity index (χ1v) is 11.0. The van der Waals surface area contributed by atoms with Crippen molar-refractivity contribution >= 4 is 5.91 Å². The minimum absolute atomic E-state index is 0.00174. The molecule has 3 heterocycles. The van der Waals surface area contributed by atoms with Gasteiger partial charge in [0.25, 0.3) is 11.9 Å². The van der Waals surface area contributed by atoms with Crippen molar-refractivity contribution in [1.29, 1.82) is 0 Å². The van der Waals surface area contributed by atoms with Crippen LogP contribution in [0.5, 0.6) is 0 Å². The lowest BCUT2D eigenvalue weighted by molar-refractivity contribution is 0.0778. The van der Waals surface area contributed by atoms with Gasteiger partial charge in [-0.1, -0.05) is 13.8 Å². The van der Waals surface area contributed by atoms with Gasteiger partial charge in [0.1, 0.15) is 11.5 Å². The molecule has 0 aliphatic heterocycles. The van der Waals surface area contributed by atoms with Crippen LogP contribution in [0.2, 0.25) is 0 Å². The van der Waals surface area contributed by atoms with Crippen LogP contribution in [0.25, 0.3) is 17.4 Å². The fraction of sp³-hybridized carbons (Fsp3) is 0.478. The Balaban J connectivity index is 1.61. The highest BCUT2D eigenvalue weighted by molar-refractivity contribution is 5.95. The first kappa shape index (κ1) is 21.2. The van der Waals surface area contributed by atoms with Crippen LogP contribution in [0.1, 0.15) is 54.4 Å². The molecule has 1 fully saturated rings. The van der Waals surface area contributed by atoms with Crippen molar-refractivity contribution in [2.24, 2.45) is 0 Å². The molecule has 1 saturated carbocycles. The monoisotopic (exact) mass is 422 g/mol. The van der Waals surface area contributed by atoms with Gasteiger partial charge < -0.3 is 14.2 Å². The van der Waals surface area contributed by atoms with E-state index in [9.17, 15) is 4.79 Å². The standard InChI is InChI=1S/C23H30N6O2/c1-5-28(6-2)14-13-27(4)22(30)18-15-25-29(21(18)17-8-9-17)23-24-12-11-19(26-23)20-10-7-16(3)31-20/h7,10-12,15,17H,5-6,8-9,13-14H2,1-4H3. The molecule has 1 amide bonds. The van der Waals surface area contributed by atoms with E-state index in [4.69, 9.17) is 4.42 Å². The third-order valence-electron chi connectivity index (χ3n) is 5.82. The van der Waals surface area contributed by atoms with Crippen molar-refractivity contribution in [2.45, 2.75) is 39.5 Å².